The van der Waals surface area contributed by atoms with Gasteiger partial charge < -0.3 is 4.18 Å². The van der Waals surface area contributed by atoms with Crippen LogP contribution < -0.4 is 4.18 Å². The normalized spacial score (nSPS) is 11.8. The summed E-state index contributed by atoms with van der Waals surface area (Å²) in [4.78, 5) is 4.45. The molecule has 3 rings (SSSR count). The molecule has 1 heterocycles. The van der Waals surface area contributed by atoms with E-state index in [-0.39, 0.29) is 5.75 Å². The highest BCUT2D eigenvalue weighted by molar-refractivity contribution is 7.83. The van der Waals surface area contributed by atoms with Gasteiger partial charge in [-0.1, -0.05) is 24.3 Å². The van der Waals surface area contributed by atoms with E-state index in [2.05, 4.69) is 8.72 Å². The third-order valence-electron chi connectivity index (χ3n) is 2.80. The molecular formula is C13H8ClNO4S. The Morgan fingerprint density at radius 1 is 0.900 bits per heavy atom. The van der Waals surface area contributed by atoms with E-state index in [1.165, 1.54) is 0 Å². The van der Waals surface area contributed by atoms with Crippen LogP contribution in [0.2, 0.25) is 0 Å². The number of rotatable bonds is 3. The van der Waals surface area contributed by atoms with Gasteiger partial charge in [0.15, 0.2) is 5.75 Å². The van der Waals surface area contributed by atoms with E-state index in [9.17, 15) is 8.42 Å². The predicted octanol–water partition coefficient (Wildman–Crippen LogP) is 3.18. The lowest BCUT2D eigenvalue weighted by Gasteiger charge is -2.10. The van der Waals surface area contributed by atoms with Gasteiger partial charge in [0, 0.05) is 10.8 Å². The van der Waals surface area contributed by atoms with Gasteiger partial charge in [-0.2, -0.15) is 8.42 Å². The Morgan fingerprint density at radius 3 is 1.90 bits per heavy atom. The van der Waals surface area contributed by atoms with Crippen molar-refractivity contribution in [1.29, 1.82) is 0 Å². The van der Waals surface area contributed by atoms with Crippen LogP contribution in [0.3, 0.4) is 0 Å². The number of halogens is 1. The molecular weight excluding hydrogens is 302 g/mol. The highest BCUT2D eigenvalue weighted by Crippen LogP contribution is 2.33. The van der Waals surface area contributed by atoms with E-state index in [0.29, 0.717) is 21.8 Å². The number of aromatic nitrogens is 1. The molecule has 0 fully saturated rings. The van der Waals surface area contributed by atoms with Crippen LogP contribution in [0.25, 0.3) is 21.8 Å². The van der Waals surface area contributed by atoms with Crippen LogP contribution in [-0.2, 0) is 14.1 Å². The Balaban J connectivity index is 2.39. The molecule has 0 unspecified atom stereocenters. The molecule has 0 radical (unpaired) electrons. The molecule has 20 heavy (non-hydrogen) atoms. The highest BCUT2D eigenvalue weighted by Gasteiger charge is 2.18. The third-order valence-corrected chi connectivity index (χ3v) is 3.79. The lowest BCUT2D eigenvalue weighted by Crippen LogP contribution is -2.09. The summed E-state index contributed by atoms with van der Waals surface area (Å²) in [6, 6.07) is 14.1. The molecule has 2 aromatic carbocycles. The largest absolute Gasteiger partial charge is 0.465 e. The molecule has 0 saturated heterocycles. The SMILES string of the molecule is O=S(=O)(OCl)Oc1c2ccccc2nc2ccccc12. The van der Waals surface area contributed by atoms with Crippen LogP contribution in [0, 0.1) is 0 Å². The van der Waals surface area contributed by atoms with Crippen molar-refractivity contribution in [2.45, 2.75) is 0 Å². The molecule has 102 valence electrons. The first-order chi connectivity index (χ1) is 9.61. The summed E-state index contributed by atoms with van der Waals surface area (Å²) in [6.45, 7) is 0. The number of pyridine rings is 1. The van der Waals surface area contributed by atoms with Crippen molar-refractivity contribution in [3.05, 3.63) is 48.5 Å². The van der Waals surface area contributed by atoms with E-state index < -0.39 is 10.4 Å². The summed E-state index contributed by atoms with van der Waals surface area (Å²) >= 11 is 4.92. The maximum atomic E-state index is 11.5. The first kappa shape index (κ1) is 13.1. The molecule has 0 amide bonds. The van der Waals surface area contributed by atoms with E-state index in [4.69, 9.17) is 16.0 Å². The standard InChI is InChI=1S/C13H8ClNO4S/c14-19-20(16,17)18-13-9-5-1-3-7-11(9)15-12-8-4-2-6-10(12)13/h1-8H. The number of hydrogen-bond donors (Lipinski definition) is 0. The van der Waals surface area contributed by atoms with E-state index in [0.717, 1.165) is 0 Å². The van der Waals surface area contributed by atoms with Gasteiger partial charge in [0.25, 0.3) is 0 Å². The average molecular weight is 310 g/mol. The zero-order chi connectivity index (χ0) is 14.2. The van der Waals surface area contributed by atoms with Crippen molar-refractivity contribution in [2.75, 3.05) is 0 Å². The van der Waals surface area contributed by atoms with Crippen LogP contribution in [0.4, 0.5) is 0 Å². The van der Waals surface area contributed by atoms with Crippen LogP contribution in [0.1, 0.15) is 0 Å². The van der Waals surface area contributed by atoms with Crippen molar-refractivity contribution in [3.63, 3.8) is 0 Å². The number of benzene rings is 2. The van der Waals surface area contributed by atoms with Gasteiger partial charge in [-0.05, 0) is 24.3 Å². The fraction of sp³-hybridized carbons (Fsp3) is 0. The molecule has 0 spiro atoms. The molecule has 0 bridgehead atoms. The smallest absolute Gasteiger partial charge is 0.359 e. The molecule has 5 nitrogen and oxygen atoms in total. The van der Waals surface area contributed by atoms with Gasteiger partial charge in [-0.15, -0.1) is 3.74 Å². The molecule has 0 aliphatic rings. The van der Waals surface area contributed by atoms with Crippen molar-refractivity contribution in [1.82, 2.24) is 4.98 Å². The minimum absolute atomic E-state index is 0.145. The highest BCUT2D eigenvalue weighted by atomic mass is 35.5. The van der Waals surface area contributed by atoms with Gasteiger partial charge in [0.2, 0.25) is 0 Å². The quantitative estimate of drug-likeness (QED) is 0.695. The monoisotopic (exact) mass is 309 g/mol. The summed E-state index contributed by atoms with van der Waals surface area (Å²) in [5, 5.41) is 1.12. The topological polar surface area (TPSA) is 65.5 Å². The second-order valence-corrected chi connectivity index (χ2v) is 5.52. The van der Waals surface area contributed by atoms with Gasteiger partial charge in [0.1, 0.15) is 0 Å². The molecule has 0 aliphatic heterocycles. The predicted molar refractivity (Wildman–Crippen MR) is 75.7 cm³/mol. The summed E-state index contributed by atoms with van der Waals surface area (Å²) in [5.41, 5.74) is 1.23. The molecule has 3 aromatic rings. The van der Waals surface area contributed by atoms with Crippen LogP contribution in [0.15, 0.2) is 48.5 Å². The summed E-state index contributed by atoms with van der Waals surface area (Å²) < 4.78 is 31.7. The van der Waals surface area contributed by atoms with Crippen molar-refractivity contribution in [3.8, 4) is 5.75 Å². The Kier molecular flexibility index (Phi) is 3.21. The van der Waals surface area contributed by atoms with Gasteiger partial charge in [-0.25, -0.2) is 4.98 Å². The van der Waals surface area contributed by atoms with Crippen molar-refractivity contribution in [2.24, 2.45) is 0 Å². The summed E-state index contributed by atoms with van der Waals surface area (Å²) in [7, 11) is -4.32. The van der Waals surface area contributed by atoms with Gasteiger partial charge in [-0.3, -0.25) is 0 Å². The van der Waals surface area contributed by atoms with Crippen LogP contribution in [-0.4, -0.2) is 13.4 Å². The molecule has 0 aliphatic carbocycles. The number of para-hydroxylation sites is 2. The van der Waals surface area contributed by atoms with Crippen molar-refractivity contribution >= 4 is 44.1 Å². The summed E-state index contributed by atoms with van der Waals surface area (Å²) in [6.07, 6.45) is 0. The number of nitrogens with zero attached hydrogens (tertiary/aromatic N) is 1. The molecule has 1 aromatic heterocycles. The summed E-state index contributed by atoms with van der Waals surface area (Å²) in [5.74, 6) is 0.145. The Bertz CT molecular complexity index is 841. The second-order valence-electron chi connectivity index (χ2n) is 4.03. The first-order valence-electron chi connectivity index (χ1n) is 5.63. The van der Waals surface area contributed by atoms with Gasteiger partial charge in [0.05, 0.1) is 22.9 Å². The Labute approximate surface area is 120 Å². The van der Waals surface area contributed by atoms with E-state index >= 15 is 0 Å². The van der Waals surface area contributed by atoms with Crippen LogP contribution in [0.5, 0.6) is 5.75 Å². The maximum Gasteiger partial charge on any atom is 0.465 e. The molecule has 0 atom stereocenters. The molecule has 0 saturated carbocycles. The zero-order valence-corrected chi connectivity index (χ0v) is 11.6. The second kappa shape index (κ2) is 4.90. The fourth-order valence-corrected chi connectivity index (χ4v) is 2.49. The zero-order valence-electron chi connectivity index (χ0n) is 9.99. The lowest BCUT2D eigenvalue weighted by molar-refractivity contribution is 0.410. The Morgan fingerprint density at radius 2 is 1.40 bits per heavy atom. The van der Waals surface area contributed by atoms with E-state index in [1.54, 1.807) is 48.5 Å². The number of hydrogen-bond acceptors (Lipinski definition) is 5. The van der Waals surface area contributed by atoms with Crippen molar-refractivity contribution < 1.29 is 16.3 Å². The van der Waals surface area contributed by atoms with E-state index in [1.807, 2.05) is 0 Å². The minimum Gasteiger partial charge on any atom is -0.359 e. The first-order valence-corrected chi connectivity index (χ1v) is 7.27. The third kappa shape index (κ3) is 2.29. The van der Waals surface area contributed by atoms with Crippen LogP contribution >= 0.6 is 11.9 Å². The molecule has 0 N–H and O–H groups in total. The number of fused-ring (bicyclic) bond motifs is 2. The maximum absolute atomic E-state index is 11.5. The Hall–Kier alpha value is -1.89. The van der Waals surface area contributed by atoms with Gasteiger partial charge >= 0.3 is 10.4 Å². The fourth-order valence-electron chi connectivity index (χ4n) is 2.01. The average Bonchev–Trinajstić information content (AvgIpc) is 2.47. The molecule has 7 heteroatoms. The lowest BCUT2D eigenvalue weighted by atomic mass is 10.1. The minimum atomic E-state index is -4.32.